The Balaban J connectivity index is 1.59. The molecule has 7 atom stereocenters. The fraction of sp³-hybridized carbons (Fsp3) is 0.600. The first-order chi connectivity index (χ1) is 20.1. The van der Waals surface area contributed by atoms with Gasteiger partial charge in [-0.2, -0.15) is 0 Å². The van der Waals surface area contributed by atoms with Gasteiger partial charge >= 0.3 is 0 Å². The van der Waals surface area contributed by atoms with Crippen LogP contribution in [0.25, 0.3) is 5.76 Å². The van der Waals surface area contributed by atoms with E-state index in [-0.39, 0.29) is 48.2 Å². The van der Waals surface area contributed by atoms with Gasteiger partial charge in [0.05, 0.1) is 17.7 Å². The molecule has 3 aliphatic carbocycles. The van der Waals surface area contributed by atoms with Gasteiger partial charge in [0.2, 0.25) is 17.6 Å². The number of nitrogens with one attached hydrogen (secondary N) is 1. The lowest BCUT2D eigenvalue weighted by atomic mass is 9.54. The first-order valence-electron chi connectivity index (χ1n) is 14.5. The van der Waals surface area contributed by atoms with Crippen molar-refractivity contribution in [2.45, 2.75) is 56.0 Å². The van der Waals surface area contributed by atoms with Gasteiger partial charge < -0.3 is 41.3 Å². The molecule has 1 heterocycles. The van der Waals surface area contributed by atoms with Crippen LogP contribution < -0.4 is 16.0 Å². The number of fused-ring (bicyclic) bond motifs is 3. The number of ketones is 2. The fourth-order valence-corrected chi connectivity index (χ4v) is 7.78. The highest BCUT2D eigenvalue weighted by Gasteiger charge is 2.67. The number of benzene rings is 1. The molecule has 13 heteroatoms. The third-order valence-corrected chi connectivity index (χ3v) is 9.90. The van der Waals surface area contributed by atoms with Gasteiger partial charge in [0.25, 0.3) is 0 Å². The van der Waals surface area contributed by atoms with E-state index in [0.717, 1.165) is 19.4 Å². The molecule has 4 aliphatic rings. The largest absolute Gasteiger partial charge is 0.507 e. The van der Waals surface area contributed by atoms with Crippen molar-refractivity contribution in [1.82, 2.24) is 15.1 Å². The Bertz CT molecular complexity index is 1420. The van der Waals surface area contributed by atoms with Gasteiger partial charge in [0, 0.05) is 49.4 Å². The van der Waals surface area contributed by atoms with Crippen molar-refractivity contribution in [3.05, 3.63) is 28.3 Å². The number of hydrogen-bond donors (Lipinski definition) is 6. The number of carbonyl (C=O) groups excluding carboxylic acids is 4. The molecule has 13 nitrogen and oxygen atoms in total. The lowest BCUT2D eigenvalue weighted by Crippen LogP contribution is -2.73. The molecule has 2 unspecified atom stereocenters. The quantitative estimate of drug-likeness (QED) is 0.217. The van der Waals surface area contributed by atoms with E-state index in [0.29, 0.717) is 16.8 Å². The number of aliphatic hydroxyl groups excluding tert-OH is 2. The number of carbonyl (C=O) groups is 4. The Hall–Kier alpha value is -3.52. The monoisotopic (exact) mass is 599 g/mol. The van der Waals surface area contributed by atoms with Gasteiger partial charge in [0.15, 0.2) is 11.4 Å². The Kier molecular flexibility index (Phi) is 7.83. The highest BCUT2D eigenvalue weighted by Crippen LogP contribution is 2.53. The number of likely N-dealkylation sites (N-methyl/N-ethyl adjacent to an activating group) is 2. The van der Waals surface area contributed by atoms with Crippen molar-refractivity contribution < 1.29 is 39.6 Å². The van der Waals surface area contributed by atoms with Crippen LogP contribution in [0.15, 0.2) is 11.6 Å². The van der Waals surface area contributed by atoms with Gasteiger partial charge in [-0.05, 0) is 70.9 Å². The minimum absolute atomic E-state index is 0.00557. The van der Waals surface area contributed by atoms with E-state index in [1.165, 1.54) is 0 Å². The van der Waals surface area contributed by atoms with Crippen molar-refractivity contribution in [3.63, 3.8) is 0 Å². The van der Waals surface area contributed by atoms with Gasteiger partial charge in [0.1, 0.15) is 17.4 Å². The summed E-state index contributed by atoms with van der Waals surface area (Å²) in [6, 6.07) is 0.501. The van der Waals surface area contributed by atoms with Crippen molar-refractivity contribution in [1.29, 1.82) is 0 Å². The molecule has 1 aromatic carbocycles. The third kappa shape index (κ3) is 4.60. The predicted molar refractivity (Wildman–Crippen MR) is 156 cm³/mol. The highest BCUT2D eigenvalue weighted by atomic mass is 16.3. The Labute approximate surface area is 249 Å². The van der Waals surface area contributed by atoms with Crippen molar-refractivity contribution in [2.75, 3.05) is 46.7 Å². The number of anilines is 1. The van der Waals surface area contributed by atoms with Gasteiger partial charge in [-0.1, -0.05) is 0 Å². The minimum atomic E-state index is -2.72. The number of aliphatic hydroxyl groups is 3. The molecule has 234 valence electrons. The number of primary amides is 1. The highest BCUT2D eigenvalue weighted by molar-refractivity contribution is 6.25. The zero-order chi connectivity index (χ0) is 31.7. The summed E-state index contributed by atoms with van der Waals surface area (Å²) in [5.74, 6) is -8.06. The molecule has 1 aromatic rings. The molecule has 43 heavy (non-hydrogen) atoms. The maximum Gasteiger partial charge on any atom is 0.237 e. The number of nitrogens with two attached hydrogens (primary N) is 1. The number of phenols is 1. The number of phenolic OH excluding ortho intramolecular Hbond substituents is 1. The average molecular weight is 600 g/mol. The van der Waals surface area contributed by atoms with E-state index >= 15 is 0 Å². The molecular weight excluding hydrogens is 558 g/mol. The van der Waals surface area contributed by atoms with E-state index in [2.05, 4.69) is 5.32 Å². The van der Waals surface area contributed by atoms with Crippen molar-refractivity contribution in [3.8, 4) is 5.75 Å². The van der Waals surface area contributed by atoms with E-state index in [1.54, 1.807) is 39.2 Å². The van der Waals surface area contributed by atoms with Crippen LogP contribution in [0.3, 0.4) is 0 Å². The second-order valence-electron chi connectivity index (χ2n) is 12.8. The van der Waals surface area contributed by atoms with Crippen LogP contribution in [0.1, 0.15) is 36.0 Å². The van der Waals surface area contributed by atoms with Gasteiger partial charge in [-0.3, -0.25) is 24.1 Å². The topological polar surface area (TPSA) is 197 Å². The molecule has 7 N–H and O–H groups in total. The summed E-state index contributed by atoms with van der Waals surface area (Å²) in [6.07, 6.45) is 0.319. The molecule has 0 spiro atoms. The van der Waals surface area contributed by atoms with Crippen LogP contribution in [0, 0.1) is 17.8 Å². The molecule has 3 fully saturated rings. The maximum atomic E-state index is 14.1. The Morgan fingerprint density at radius 2 is 1.86 bits per heavy atom. The van der Waals surface area contributed by atoms with E-state index in [9.17, 15) is 39.6 Å². The molecular formula is C30H41N5O8. The van der Waals surface area contributed by atoms with Crippen LogP contribution in [0.5, 0.6) is 5.75 Å². The zero-order valence-corrected chi connectivity index (χ0v) is 25.1. The van der Waals surface area contributed by atoms with Crippen molar-refractivity contribution >= 4 is 34.8 Å². The maximum absolute atomic E-state index is 14.1. The molecule has 0 aromatic heterocycles. The van der Waals surface area contributed by atoms with Crippen LogP contribution in [-0.2, 0) is 32.1 Å². The summed E-state index contributed by atoms with van der Waals surface area (Å²) in [5.41, 5.74) is 4.05. The lowest BCUT2D eigenvalue weighted by Gasteiger charge is -2.53. The number of amides is 2. The number of nitrogens with zero attached hydrogens (tertiary/aromatic N) is 3. The molecule has 5 rings (SSSR count). The summed E-state index contributed by atoms with van der Waals surface area (Å²) >= 11 is 0. The second kappa shape index (κ2) is 10.9. The standard InChI is InChI=1S/C30H41N5O8/c1-33(2)18-11-14(12-32-29(42)17-7-6-8-35(17)5)23(36)20-15(18)9-13-10-16-22(34(3)4)25(38)21(28(31)41)27(40)30(16,43)26(39)19(13)24(20)37/h11,13,16-17,21-22,25,36-38,43H,6-10,12H2,1-5H3,(H2,31,41)(H,32,42)/t13-,16-,17?,21?,22-,25-,30-/m0/s1. The van der Waals surface area contributed by atoms with Gasteiger partial charge in [-0.15, -0.1) is 0 Å². The third-order valence-electron chi connectivity index (χ3n) is 9.90. The molecule has 0 bridgehead atoms. The molecule has 2 amide bonds. The number of likely N-dealkylation sites (tertiary alicyclic amines) is 1. The number of Topliss-reactive ketones (excluding diaryl/α,β-unsaturated/α-hetero) is 2. The smallest absolute Gasteiger partial charge is 0.237 e. The van der Waals surface area contributed by atoms with Crippen LogP contribution in [0.2, 0.25) is 0 Å². The second-order valence-corrected chi connectivity index (χ2v) is 12.8. The van der Waals surface area contributed by atoms with Gasteiger partial charge in [-0.25, -0.2) is 0 Å². The average Bonchev–Trinajstić information content (AvgIpc) is 3.35. The molecule has 1 aliphatic heterocycles. The molecule has 2 saturated carbocycles. The summed E-state index contributed by atoms with van der Waals surface area (Å²) < 4.78 is 0. The number of hydrogen-bond acceptors (Lipinski definition) is 11. The predicted octanol–water partition coefficient (Wildman–Crippen LogP) is -1.09. The minimum Gasteiger partial charge on any atom is -0.507 e. The van der Waals surface area contributed by atoms with Crippen molar-refractivity contribution in [2.24, 2.45) is 23.5 Å². The SMILES string of the molecule is CN(C)c1cc(CNC(=O)C2CCCN2C)c(O)c2c1C[C@H]1C[C@H]3[C@H](N(C)C)[C@@H](O)C(C(N)=O)C(=O)[C@@]3(O)C(=O)C1=C2O. The van der Waals surface area contributed by atoms with Crippen LogP contribution >= 0.6 is 0 Å². The van der Waals surface area contributed by atoms with E-state index in [4.69, 9.17) is 5.73 Å². The molecule has 0 radical (unpaired) electrons. The summed E-state index contributed by atoms with van der Waals surface area (Å²) in [5, 5.41) is 48.7. The normalized spacial score (nSPS) is 32.4. The van der Waals surface area contributed by atoms with E-state index < -0.39 is 58.7 Å². The zero-order valence-electron chi connectivity index (χ0n) is 25.1. The number of rotatable bonds is 6. The summed E-state index contributed by atoms with van der Waals surface area (Å²) in [4.78, 5) is 58.1. The lowest BCUT2D eigenvalue weighted by molar-refractivity contribution is -0.184. The summed E-state index contributed by atoms with van der Waals surface area (Å²) in [7, 11) is 8.69. The Morgan fingerprint density at radius 1 is 1.19 bits per heavy atom. The molecule has 1 saturated heterocycles. The van der Waals surface area contributed by atoms with E-state index in [1.807, 2.05) is 16.8 Å². The van der Waals surface area contributed by atoms with Crippen LogP contribution in [0.4, 0.5) is 5.69 Å². The summed E-state index contributed by atoms with van der Waals surface area (Å²) in [6.45, 7) is 0.782. The van der Waals surface area contributed by atoms with Crippen LogP contribution in [-0.4, -0.2) is 119 Å². The number of aromatic hydroxyl groups is 1. The first kappa shape index (κ1) is 30.9. The Morgan fingerprint density at radius 3 is 2.42 bits per heavy atom. The first-order valence-corrected chi connectivity index (χ1v) is 14.5. The fourth-order valence-electron chi connectivity index (χ4n) is 7.78.